The van der Waals surface area contributed by atoms with Crippen molar-refractivity contribution in [2.45, 2.75) is 20.0 Å². The Morgan fingerprint density at radius 2 is 1.93 bits per heavy atom. The van der Waals surface area contributed by atoms with Gasteiger partial charge in [0.25, 0.3) is 5.91 Å². The number of hydrogen-bond acceptors (Lipinski definition) is 5. The van der Waals surface area contributed by atoms with Gasteiger partial charge in [-0.25, -0.2) is 0 Å². The lowest BCUT2D eigenvalue weighted by molar-refractivity contribution is -0.385. The van der Waals surface area contributed by atoms with Crippen LogP contribution in [0.1, 0.15) is 27.2 Å². The molecule has 0 aliphatic rings. The van der Waals surface area contributed by atoms with Crippen LogP contribution in [0, 0.1) is 17.0 Å². The van der Waals surface area contributed by atoms with E-state index in [1.54, 1.807) is 35.0 Å². The van der Waals surface area contributed by atoms with Crippen molar-refractivity contribution >= 4 is 11.6 Å². The highest BCUT2D eigenvalue weighted by molar-refractivity contribution is 5.94. The molecule has 3 rings (SSSR count). The summed E-state index contributed by atoms with van der Waals surface area (Å²) in [5.74, 6) is -0.0838. The second kappa shape index (κ2) is 7.40. The molecule has 0 saturated heterocycles. The van der Waals surface area contributed by atoms with Crippen LogP contribution in [0.25, 0.3) is 0 Å². The molecular weight excluding hydrogens is 348 g/mol. The largest absolute Gasteiger partial charge is 0.337 e. The first-order chi connectivity index (χ1) is 12.8. The number of nitro groups is 1. The van der Waals surface area contributed by atoms with Crippen molar-refractivity contribution in [1.29, 1.82) is 0 Å². The number of amides is 1. The lowest BCUT2D eigenvalue weighted by Crippen LogP contribution is -2.26. The Labute approximate surface area is 156 Å². The van der Waals surface area contributed by atoms with Gasteiger partial charge in [-0.1, -0.05) is 12.1 Å². The quantitative estimate of drug-likeness (QED) is 0.490. The summed E-state index contributed by atoms with van der Waals surface area (Å²) in [6, 6.07) is 7.15. The van der Waals surface area contributed by atoms with Gasteiger partial charge in [0.2, 0.25) is 0 Å². The van der Waals surface area contributed by atoms with Gasteiger partial charge in [-0.05, 0) is 24.6 Å². The number of aromatic nitrogens is 4. The van der Waals surface area contributed by atoms with Crippen molar-refractivity contribution < 1.29 is 9.72 Å². The Morgan fingerprint density at radius 3 is 2.48 bits per heavy atom. The van der Waals surface area contributed by atoms with E-state index in [0.717, 1.165) is 16.8 Å². The molecule has 140 valence electrons. The van der Waals surface area contributed by atoms with Gasteiger partial charge in [0, 0.05) is 37.5 Å². The van der Waals surface area contributed by atoms with E-state index in [1.807, 2.05) is 26.1 Å². The molecule has 0 aliphatic carbocycles. The van der Waals surface area contributed by atoms with Gasteiger partial charge in [-0.15, -0.1) is 0 Å². The van der Waals surface area contributed by atoms with E-state index in [-0.39, 0.29) is 11.6 Å². The van der Waals surface area contributed by atoms with Crippen LogP contribution in [0.4, 0.5) is 5.69 Å². The summed E-state index contributed by atoms with van der Waals surface area (Å²) in [6.07, 6.45) is 4.36. The van der Waals surface area contributed by atoms with Crippen molar-refractivity contribution in [1.82, 2.24) is 24.5 Å². The predicted octanol–water partition coefficient (Wildman–Crippen LogP) is 2.15. The molecule has 0 bridgehead atoms. The normalized spacial score (nSPS) is 10.8. The van der Waals surface area contributed by atoms with Crippen molar-refractivity contribution in [3.63, 3.8) is 0 Å². The van der Waals surface area contributed by atoms with Crippen LogP contribution in [0.3, 0.4) is 0 Å². The highest BCUT2D eigenvalue weighted by Gasteiger charge is 2.15. The molecule has 9 nitrogen and oxygen atoms in total. The monoisotopic (exact) mass is 368 g/mol. The van der Waals surface area contributed by atoms with E-state index >= 15 is 0 Å². The Hall–Kier alpha value is -3.49. The maximum Gasteiger partial charge on any atom is 0.307 e. The number of carbonyl (C=O) groups excluding carboxylic acids is 1. The van der Waals surface area contributed by atoms with Crippen molar-refractivity contribution in [3.8, 4) is 0 Å². The number of aryl methyl sites for hydroxylation is 1. The molecule has 0 radical (unpaired) electrons. The molecule has 27 heavy (non-hydrogen) atoms. The van der Waals surface area contributed by atoms with E-state index in [0.29, 0.717) is 18.7 Å². The topological polar surface area (TPSA) is 99.1 Å². The maximum atomic E-state index is 12.6. The smallest absolute Gasteiger partial charge is 0.307 e. The molecule has 1 aromatic carbocycles. The summed E-state index contributed by atoms with van der Waals surface area (Å²) in [4.78, 5) is 24.5. The first kappa shape index (κ1) is 18.3. The maximum absolute atomic E-state index is 12.6. The van der Waals surface area contributed by atoms with Gasteiger partial charge < -0.3 is 4.90 Å². The van der Waals surface area contributed by atoms with Gasteiger partial charge in [0.15, 0.2) is 0 Å². The molecule has 0 N–H and O–H groups in total. The molecule has 0 saturated carbocycles. The lowest BCUT2D eigenvalue weighted by atomic mass is 10.1. The number of rotatable bonds is 6. The zero-order valence-corrected chi connectivity index (χ0v) is 15.4. The lowest BCUT2D eigenvalue weighted by Gasteiger charge is -2.17. The third-order valence-corrected chi connectivity index (χ3v) is 4.47. The summed E-state index contributed by atoms with van der Waals surface area (Å²) >= 11 is 0. The van der Waals surface area contributed by atoms with Gasteiger partial charge in [-0.2, -0.15) is 10.2 Å². The van der Waals surface area contributed by atoms with E-state index in [1.165, 1.54) is 17.1 Å². The van der Waals surface area contributed by atoms with Crippen LogP contribution >= 0.6 is 0 Å². The third kappa shape index (κ3) is 4.02. The predicted molar refractivity (Wildman–Crippen MR) is 98.2 cm³/mol. The minimum atomic E-state index is -0.481. The van der Waals surface area contributed by atoms with Crippen LogP contribution in [0.2, 0.25) is 0 Å². The molecule has 0 aliphatic heterocycles. The molecule has 0 spiro atoms. The Kier molecular flexibility index (Phi) is 5.02. The second-order valence-electron chi connectivity index (χ2n) is 6.39. The molecule has 2 heterocycles. The Bertz CT molecular complexity index is 973. The number of carbonyl (C=O) groups is 1. The molecular formula is C18H20N6O3. The third-order valence-electron chi connectivity index (χ3n) is 4.47. The molecule has 0 atom stereocenters. The fraction of sp³-hybridized carbons (Fsp3) is 0.278. The average molecular weight is 368 g/mol. The molecule has 2 aromatic heterocycles. The van der Waals surface area contributed by atoms with Gasteiger partial charge in [-0.3, -0.25) is 24.3 Å². The summed E-state index contributed by atoms with van der Waals surface area (Å²) in [5, 5.41) is 18.9. The zero-order valence-electron chi connectivity index (χ0n) is 15.4. The van der Waals surface area contributed by atoms with E-state index in [2.05, 4.69) is 10.2 Å². The molecule has 0 fully saturated rings. The van der Waals surface area contributed by atoms with Gasteiger partial charge in [0.1, 0.15) is 12.4 Å². The van der Waals surface area contributed by atoms with Crippen molar-refractivity contribution in [3.05, 3.63) is 75.4 Å². The molecule has 3 aromatic rings. The van der Waals surface area contributed by atoms with Crippen LogP contribution < -0.4 is 0 Å². The summed E-state index contributed by atoms with van der Waals surface area (Å²) in [6.45, 7) is 2.85. The minimum Gasteiger partial charge on any atom is -0.337 e. The van der Waals surface area contributed by atoms with Crippen LogP contribution in [0.15, 0.2) is 42.9 Å². The van der Waals surface area contributed by atoms with Gasteiger partial charge >= 0.3 is 5.69 Å². The van der Waals surface area contributed by atoms with Crippen molar-refractivity contribution in [2.24, 2.45) is 7.05 Å². The highest BCUT2D eigenvalue weighted by Crippen LogP contribution is 2.14. The first-order valence-electron chi connectivity index (χ1n) is 8.34. The summed E-state index contributed by atoms with van der Waals surface area (Å²) < 4.78 is 3.27. The first-order valence-corrected chi connectivity index (χ1v) is 8.34. The van der Waals surface area contributed by atoms with E-state index < -0.39 is 4.92 Å². The van der Waals surface area contributed by atoms with Crippen LogP contribution in [-0.2, 0) is 20.1 Å². The Morgan fingerprint density at radius 1 is 1.22 bits per heavy atom. The standard InChI is InChI=1S/C18H20N6O3/c1-13-16(8-19-22(13)3)11-21(2)18(25)15-6-4-14(5-7-15)10-23-12-17(9-20-23)24(26)27/h4-9,12H,10-11H2,1-3H3. The van der Waals surface area contributed by atoms with Gasteiger partial charge in [0.05, 0.1) is 17.7 Å². The fourth-order valence-electron chi connectivity index (χ4n) is 2.72. The zero-order chi connectivity index (χ0) is 19.6. The number of benzene rings is 1. The van der Waals surface area contributed by atoms with Crippen molar-refractivity contribution in [2.75, 3.05) is 7.05 Å². The van der Waals surface area contributed by atoms with E-state index in [9.17, 15) is 14.9 Å². The summed E-state index contributed by atoms with van der Waals surface area (Å²) in [5.41, 5.74) is 3.46. The second-order valence-corrected chi connectivity index (χ2v) is 6.39. The molecule has 9 heteroatoms. The van der Waals surface area contributed by atoms with E-state index in [4.69, 9.17) is 0 Å². The summed E-state index contributed by atoms with van der Waals surface area (Å²) in [7, 11) is 3.62. The average Bonchev–Trinajstić information content (AvgIpc) is 3.24. The minimum absolute atomic E-state index is 0.0471. The van der Waals surface area contributed by atoms with Crippen LogP contribution in [0.5, 0.6) is 0 Å². The fourth-order valence-corrected chi connectivity index (χ4v) is 2.72. The highest BCUT2D eigenvalue weighted by atomic mass is 16.6. The SMILES string of the molecule is Cc1c(CN(C)C(=O)c2ccc(Cn3cc([N+](=O)[O-])cn3)cc2)cnn1C. The number of nitrogens with zero attached hydrogens (tertiary/aromatic N) is 6. The Balaban J connectivity index is 1.65. The van der Waals surface area contributed by atoms with Crippen LogP contribution in [-0.4, -0.2) is 42.3 Å². The number of hydrogen-bond donors (Lipinski definition) is 0. The molecule has 0 unspecified atom stereocenters. The molecule has 1 amide bonds.